The van der Waals surface area contributed by atoms with Gasteiger partial charge in [0.25, 0.3) is 0 Å². The van der Waals surface area contributed by atoms with Crippen molar-refractivity contribution in [2.24, 2.45) is 11.7 Å². The van der Waals surface area contributed by atoms with Crippen LogP contribution in [0.2, 0.25) is 0 Å². The number of rotatable bonds is 4. The molecule has 4 heteroatoms. The Kier molecular flexibility index (Phi) is 4.43. The van der Waals surface area contributed by atoms with Gasteiger partial charge in [-0.15, -0.1) is 0 Å². The maximum absolute atomic E-state index is 11.6. The molecular weight excluding hydrogens is 206 g/mol. The van der Waals surface area contributed by atoms with Crippen molar-refractivity contribution in [3.8, 4) is 0 Å². The Bertz CT molecular complexity index is 342. The topological polar surface area (TPSA) is 69.4 Å². The van der Waals surface area contributed by atoms with Gasteiger partial charge >= 0.3 is 5.97 Å². The van der Waals surface area contributed by atoms with Gasteiger partial charge in [0, 0.05) is 0 Å². The molecule has 0 radical (unpaired) electrons. The smallest absolute Gasteiger partial charge is 0.328 e. The highest BCUT2D eigenvalue weighted by atomic mass is 16.5. The monoisotopic (exact) mass is 223 g/mol. The van der Waals surface area contributed by atoms with Crippen LogP contribution in [0.4, 0.5) is 0 Å². The molecule has 0 fully saturated rings. The molecule has 0 aromatic heterocycles. The summed E-state index contributed by atoms with van der Waals surface area (Å²) in [5.74, 6) is -0.140. The molecule has 4 nitrogen and oxygen atoms in total. The van der Waals surface area contributed by atoms with E-state index < -0.39 is 12.0 Å². The molecule has 0 aromatic carbocycles. The molecule has 0 saturated heterocycles. The molecule has 88 valence electrons. The normalized spacial score (nSPS) is 17.5. The van der Waals surface area contributed by atoms with Gasteiger partial charge in [-0.3, -0.25) is 4.79 Å². The predicted molar refractivity (Wildman–Crippen MR) is 60.4 cm³/mol. The van der Waals surface area contributed by atoms with Crippen LogP contribution in [0.3, 0.4) is 0 Å². The maximum atomic E-state index is 11.6. The van der Waals surface area contributed by atoms with E-state index in [0.717, 1.165) is 12.8 Å². The molecule has 1 aliphatic rings. The second-order valence-electron chi connectivity index (χ2n) is 4.11. The minimum absolute atomic E-state index is 0.0142. The van der Waals surface area contributed by atoms with Crippen molar-refractivity contribution in [3.05, 3.63) is 23.5 Å². The van der Waals surface area contributed by atoms with Crippen LogP contribution in [0.25, 0.3) is 0 Å². The summed E-state index contributed by atoms with van der Waals surface area (Å²) < 4.78 is 5.12. The highest BCUT2D eigenvalue weighted by Gasteiger charge is 2.22. The van der Waals surface area contributed by atoms with E-state index in [-0.39, 0.29) is 5.92 Å². The highest BCUT2D eigenvalue weighted by Crippen LogP contribution is 2.19. The zero-order valence-corrected chi connectivity index (χ0v) is 9.60. The summed E-state index contributed by atoms with van der Waals surface area (Å²) in [7, 11) is 0. The number of esters is 1. The molecule has 2 N–H and O–H groups in total. The fourth-order valence-electron chi connectivity index (χ4n) is 1.33. The Hall–Kier alpha value is -1.42. The Morgan fingerprint density at radius 3 is 2.62 bits per heavy atom. The first-order valence-corrected chi connectivity index (χ1v) is 5.39. The van der Waals surface area contributed by atoms with Gasteiger partial charge in [-0.2, -0.15) is 0 Å². The Labute approximate surface area is 95.1 Å². The number of hydrogen-bond donors (Lipinski definition) is 1. The second kappa shape index (κ2) is 5.61. The first-order valence-electron chi connectivity index (χ1n) is 5.39. The van der Waals surface area contributed by atoms with E-state index in [2.05, 4.69) is 0 Å². The predicted octanol–water partition coefficient (Wildman–Crippen LogP) is 1.32. The van der Waals surface area contributed by atoms with Gasteiger partial charge in [0.1, 0.15) is 11.8 Å². The lowest BCUT2D eigenvalue weighted by Gasteiger charge is -2.17. The van der Waals surface area contributed by atoms with Crippen molar-refractivity contribution in [2.45, 2.75) is 32.7 Å². The van der Waals surface area contributed by atoms with Crippen molar-refractivity contribution in [2.75, 3.05) is 0 Å². The van der Waals surface area contributed by atoms with Crippen LogP contribution in [-0.2, 0) is 14.3 Å². The molecule has 0 aliphatic heterocycles. The van der Waals surface area contributed by atoms with Crippen LogP contribution in [0, 0.1) is 5.92 Å². The van der Waals surface area contributed by atoms with Crippen molar-refractivity contribution in [3.63, 3.8) is 0 Å². The third kappa shape index (κ3) is 3.03. The highest BCUT2D eigenvalue weighted by molar-refractivity contribution is 5.83. The standard InChI is InChI=1S/C12H17NO3/c1-8(2)11(13)12(15)16-10-6-4-3-5-9(10)7-14/h5-8,11H,3-4,13H2,1-2H3/t11-/m0/s1. The zero-order valence-electron chi connectivity index (χ0n) is 9.60. The molecule has 16 heavy (non-hydrogen) atoms. The van der Waals surface area contributed by atoms with Gasteiger partial charge in [-0.05, 0) is 24.8 Å². The first-order chi connectivity index (χ1) is 7.56. The average molecular weight is 223 g/mol. The van der Waals surface area contributed by atoms with Crippen molar-refractivity contribution >= 4 is 12.3 Å². The summed E-state index contributed by atoms with van der Waals surface area (Å²) in [5, 5.41) is 0. The van der Waals surface area contributed by atoms with E-state index in [1.165, 1.54) is 0 Å². The third-order valence-electron chi connectivity index (χ3n) is 2.47. The molecular formula is C12H17NO3. The summed E-state index contributed by atoms with van der Waals surface area (Å²) >= 11 is 0. The number of allylic oxidation sites excluding steroid dienone is 3. The lowest BCUT2D eigenvalue weighted by atomic mass is 10.0. The summed E-state index contributed by atoms with van der Waals surface area (Å²) in [6.07, 6.45) is 5.77. The van der Waals surface area contributed by atoms with E-state index in [1.54, 1.807) is 12.2 Å². The molecule has 0 bridgehead atoms. The van der Waals surface area contributed by atoms with E-state index in [9.17, 15) is 9.59 Å². The Balaban J connectivity index is 2.67. The van der Waals surface area contributed by atoms with E-state index in [0.29, 0.717) is 17.6 Å². The van der Waals surface area contributed by atoms with Crippen LogP contribution in [-0.4, -0.2) is 18.3 Å². The van der Waals surface area contributed by atoms with Crippen molar-refractivity contribution < 1.29 is 14.3 Å². The molecule has 1 aliphatic carbocycles. The van der Waals surface area contributed by atoms with E-state index in [1.807, 2.05) is 13.8 Å². The van der Waals surface area contributed by atoms with Crippen LogP contribution < -0.4 is 5.73 Å². The summed E-state index contributed by atoms with van der Waals surface area (Å²) in [6, 6.07) is -0.657. The van der Waals surface area contributed by atoms with Gasteiger partial charge in [-0.1, -0.05) is 19.9 Å². The molecule has 1 atom stereocenters. The van der Waals surface area contributed by atoms with E-state index in [4.69, 9.17) is 10.5 Å². The minimum atomic E-state index is -0.657. The molecule has 0 heterocycles. The van der Waals surface area contributed by atoms with Gasteiger partial charge in [-0.25, -0.2) is 4.79 Å². The van der Waals surface area contributed by atoms with Gasteiger partial charge in [0.05, 0.1) is 5.57 Å². The number of carbonyl (C=O) groups excluding carboxylic acids is 2. The SMILES string of the molecule is CC(C)[C@H](N)C(=O)OC1=CCCC=C1C=O. The Morgan fingerprint density at radius 2 is 2.06 bits per heavy atom. The molecule has 0 spiro atoms. The molecule has 1 rings (SSSR count). The second-order valence-corrected chi connectivity index (χ2v) is 4.11. The quantitative estimate of drug-likeness (QED) is 0.576. The van der Waals surface area contributed by atoms with Crippen LogP contribution >= 0.6 is 0 Å². The fourth-order valence-corrected chi connectivity index (χ4v) is 1.33. The van der Waals surface area contributed by atoms with Gasteiger partial charge < -0.3 is 10.5 Å². The molecule has 0 unspecified atom stereocenters. The molecule has 0 aromatic rings. The Morgan fingerprint density at radius 1 is 1.44 bits per heavy atom. The summed E-state index contributed by atoms with van der Waals surface area (Å²) in [5.41, 5.74) is 6.08. The van der Waals surface area contributed by atoms with Crippen molar-refractivity contribution in [1.82, 2.24) is 0 Å². The maximum Gasteiger partial charge on any atom is 0.328 e. The van der Waals surface area contributed by atoms with Crippen LogP contribution in [0.15, 0.2) is 23.5 Å². The van der Waals surface area contributed by atoms with Gasteiger partial charge in [0.2, 0.25) is 0 Å². The number of ether oxygens (including phenoxy) is 1. The fraction of sp³-hybridized carbons (Fsp3) is 0.500. The number of carbonyl (C=O) groups is 2. The largest absolute Gasteiger partial charge is 0.425 e. The van der Waals surface area contributed by atoms with Crippen LogP contribution in [0.5, 0.6) is 0 Å². The first kappa shape index (κ1) is 12.6. The average Bonchev–Trinajstić information content (AvgIpc) is 2.28. The lowest BCUT2D eigenvalue weighted by molar-refractivity contribution is -0.141. The molecule has 0 saturated carbocycles. The summed E-state index contributed by atoms with van der Waals surface area (Å²) in [6.45, 7) is 3.69. The zero-order chi connectivity index (χ0) is 12.1. The molecule has 0 amide bonds. The number of hydrogen-bond acceptors (Lipinski definition) is 4. The minimum Gasteiger partial charge on any atom is -0.425 e. The summed E-state index contributed by atoms with van der Waals surface area (Å²) in [4.78, 5) is 22.3. The van der Waals surface area contributed by atoms with E-state index >= 15 is 0 Å². The van der Waals surface area contributed by atoms with Gasteiger partial charge in [0.15, 0.2) is 6.29 Å². The number of nitrogens with two attached hydrogens (primary N) is 1. The lowest BCUT2D eigenvalue weighted by Crippen LogP contribution is -2.37. The van der Waals surface area contributed by atoms with Crippen molar-refractivity contribution in [1.29, 1.82) is 0 Å². The third-order valence-corrected chi connectivity index (χ3v) is 2.47. The number of aldehydes is 1. The van der Waals surface area contributed by atoms with Crippen LogP contribution in [0.1, 0.15) is 26.7 Å².